The van der Waals surface area contributed by atoms with Gasteiger partial charge in [0.15, 0.2) is 5.82 Å². The molecule has 0 fully saturated rings. The van der Waals surface area contributed by atoms with Crippen LogP contribution in [-0.4, -0.2) is 26.1 Å². The molecule has 0 radical (unpaired) electrons. The molecule has 0 aliphatic heterocycles. The maximum Gasteiger partial charge on any atom is 0.225 e. The van der Waals surface area contributed by atoms with Gasteiger partial charge in [0.2, 0.25) is 5.91 Å². The Labute approximate surface area is 186 Å². The van der Waals surface area contributed by atoms with Crippen LogP contribution in [0.1, 0.15) is 29.3 Å². The smallest absolute Gasteiger partial charge is 0.225 e. The van der Waals surface area contributed by atoms with Crippen molar-refractivity contribution in [1.82, 2.24) is 9.97 Å². The van der Waals surface area contributed by atoms with Crippen LogP contribution >= 0.6 is 0 Å². The third-order valence-corrected chi connectivity index (χ3v) is 5.08. The Morgan fingerprint density at radius 2 is 1.56 bits per heavy atom. The van der Waals surface area contributed by atoms with Gasteiger partial charge in [0.25, 0.3) is 0 Å². The van der Waals surface area contributed by atoms with E-state index in [0.717, 1.165) is 11.1 Å². The molecule has 0 saturated carbocycles. The van der Waals surface area contributed by atoms with Gasteiger partial charge in [-0.1, -0.05) is 60.7 Å². The molecule has 6 heteroatoms. The molecule has 0 aliphatic carbocycles. The van der Waals surface area contributed by atoms with Gasteiger partial charge < -0.3 is 15.5 Å². The molecule has 1 atom stereocenters. The second kappa shape index (κ2) is 9.85. The van der Waals surface area contributed by atoms with E-state index in [-0.39, 0.29) is 29.6 Å². The number of aromatic nitrogens is 2. The number of hydrogen-bond acceptors (Lipinski definition) is 5. The molecule has 1 unspecified atom stereocenters. The van der Waals surface area contributed by atoms with Crippen LogP contribution in [0.4, 0.5) is 5.82 Å². The average molecular weight is 425 g/mol. The third kappa shape index (κ3) is 5.17. The summed E-state index contributed by atoms with van der Waals surface area (Å²) in [6.07, 6.45) is 1.36. The van der Waals surface area contributed by atoms with Gasteiger partial charge in [0.05, 0.1) is 11.9 Å². The number of anilines is 1. The minimum atomic E-state index is -1.06. The lowest BCUT2D eigenvalue weighted by Gasteiger charge is -2.16. The second-order valence-electron chi connectivity index (χ2n) is 7.38. The molecule has 3 aromatic carbocycles. The first-order chi connectivity index (χ1) is 15.6. The van der Waals surface area contributed by atoms with Gasteiger partial charge in [-0.05, 0) is 41.8 Å². The fourth-order valence-corrected chi connectivity index (χ4v) is 3.35. The van der Waals surface area contributed by atoms with Gasteiger partial charge >= 0.3 is 0 Å². The number of phenolic OH excluding ortho intramolecular Hbond substituents is 1. The quantitative estimate of drug-likeness (QED) is 0.405. The Morgan fingerprint density at radius 3 is 2.25 bits per heavy atom. The molecule has 0 bridgehead atoms. The van der Waals surface area contributed by atoms with Gasteiger partial charge in [0.1, 0.15) is 17.5 Å². The van der Waals surface area contributed by atoms with Crippen LogP contribution in [0, 0.1) is 0 Å². The number of aliphatic hydroxyl groups is 1. The molecule has 4 rings (SSSR count). The zero-order valence-corrected chi connectivity index (χ0v) is 17.3. The SMILES string of the molecule is O=C(CCc1ccccc1)Nc1ncc(-c2ccc(O)cc2)nc1C(O)c1ccccc1. The predicted octanol–water partition coefficient (Wildman–Crippen LogP) is 4.50. The Balaban J connectivity index is 1.61. The summed E-state index contributed by atoms with van der Waals surface area (Å²) in [6, 6.07) is 25.4. The molecule has 3 N–H and O–H groups in total. The Morgan fingerprint density at radius 1 is 0.906 bits per heavy atom. The zero-order chi connectivity index (χ0) is 22.3. The molecule has 0 aliphatic rings. The normalized spacial score (nSPS) is 11.7. The zero-order valence-electron chi connectivity index (χ0n) is 17.3. The van der Waals surface area contributed by atoms with Crippen molar-refractivity contribution >= 4 is 11.7 Å². The lowest BCUT2D eigenvalue weighted by atomic mass is 10.1. The van der Waals surface area contributed by atoms with Crippen molar-refractivity contribution in [2.75, 3.05) is 5.32 Å². The molecule has 32 heavy (non-hydrogen) atoms. The number of phenols is 1. The number of aromatic hydroxyl groups is 1. The van der Waals surface area contributed by atoms with E-state index >= 15 is 0 Å². The standard InChI is InChI=1S/C26H23N3O3/c30-21-14-12-19(13-15-21)22-17-27-26(24(28-22)25(32)20-9-5-2-6-10-20)29-23(31)16-11-18-7-3-1-4-8-18/h1-10,12-15,17,25,30,32H,11,16H2,(H,27,29,31). The Bertz CT molecular complexity index is 1180. The number of carbonyl (C=O) groups is 1. The summed E-state index contributed by atoms with van der Waals surface area (Å²) < 4.78 is 0. The number of rotatable bonds is 7. The van der Waals surface area contributed by atoms with Crippen LogP contribution in [-0.2, 0) is 11.2 Å². The summed E-state index contributed by atoms with van der Waals surface area (Å²) >= 11 is 0. The fourth-order valence-electron chi connectivity index (χ4n) is 3.35. The van der Waals surface area contributed by atoms with Crippen LogP contribution < -0.4 is 5.32 Å². The second-order valence-corrected chi connectivity index (χ2v) is 7.38. The number of nitrogens with zero attached hydrogens (tertiary/aromatic N) is 2. The number of nitrogens with one attached hydrogen (secondary N) is 1. The minimum Gasteiger partial charge on any atom is -0.508 e. The van der Waals surface area contributed by atoms with Crippen LogP contribution in [0.15, 0.2) is 91.1 Å². The van der Waals surface area contributed by atoms with Crippen LogP contribution in [0.5, 0.6) is 5.75 Å². The van der Waals surface area contributed by atoms with E-state index < -0.39 is 6.10 Å². The summed E-state index contributed by atoms with van der Waals surface area (Å²) in [6.45, 7) is 0. The van der Waals surface area contributed by atoms with E-state index in [4.69, 9.17) is 0 Å². The first-order valence-corrected chi connectivity index (χ1v) is 10.3. The molecule has 160 valence electrons. The van der Waals surface area contributed by atoms with Crippen molar-refractivity contribution in [3.8, 4) is 17.0 Å². The fraction of sp³-hybridized carbons (Fsp3) is 0.115. The highest BCUT2D eigenvalue weighted by Gasteiger charge is 2.20. The summed E-state index contributed by atoms with van der Waals surface area (Å²) in [5, 5.41) is 23.4. The molecular formula is C26H23N3O3. The summed E-state index contributed by atoms with van der Waals surface area (Å²) in [5.41, 5.74) is 3.23. The highest BCUT2D eigenvalue weighted by atomic mass is 16.3. The van der Waals surface area contributed by atoms with Crippen molar-refractivity contribution in [3.05, 3.63) is 108 Å². The third-order valence-electron chi connectivity index (χ3n) is 5.08. The van der Waals surface area contributed by atoms with Gasteiger partial charge in [-0.15, -0.1) is 0 Å². The number of amides is 1. The average Bonchev–Trinajstić information content (AvgIpc) is 2.84. The first-order valence-electron chi connectivity index (χ1n) is 10.3. The van der Waals surface area contributed by atoms with E-state index in [0.29, 0.717) is 17.7 Å². The number of carbonyl (C=O) groups excluding carboxylic acids is 1. The maximum atomic E-state index is 12.6. The van der Waals surface area contributed by atoms with Crippen molar-refractivity contribution in [2.24, 2.45) is 0 Å². The first kappa shape index (κ1) is 21.2. The highest BCUT2D eigenvalue weighted by Crippen LogP contribution is 2.29. The molecule has 0 saturated heterocycles. The van der Waals surface area contributed by atoms with Crippen LogP contribution in [0.25, 0.3) is 11.3 Å². The van der Waals surface area contributed by atoms with Crippen LogP contribution in [0.3, 0.4) is 0 Å². The highest BCUT2D eigenvalue weighted by molar-refractivity contribution is 5.90. The maximum absolute atomic E-state index is 12.6. The van der Waals surface area contributed by atoms with E-state index in [1.165, 1.54) is 0 Å². The number of aryl methyl sites for hydroxylation is 1. The molecular weight excluding hydrogens is 402 g/mol. The summed E-state index contributed by atoms with van der Waals surface area (Å²) in [4.78, 5) is 21.6. The van der Waals surface area contributed by atoms with Gasteiger partial charge in [0, 0.05) is 12.0 Å². The number of hydrogen-bond donors (Lipinski definition) is 3. The van der Waals surface area contributed by atoms with Gasteiger partial charge in [-0.3, -0.25) is 4.79 Å². The van der Waals surface area contributed by atoms with E-state index in [1.54, 1.807) is 42.6 Å². The molecule has 1 aromatic heterocycles. The van der Waals surface area contributed by atoms with E-state index in [2.05, 4.69) is 15.3 Å². The minimum absolute atomic E-state index is 0.147. The van der Waals surface area contributed by atoms with Gasteiger partial charge in [-0.25, -0.2) is 9.97 Å². The van der Waals surface area contributed by atoms with Crippen molar-refractivity contribution in [3.63, 3.8) is 0 Å². The largest absolute Gasteiger partial charge is 0.508 e. The topological polar surface area (TPSA) is 95.3 Å². The predicted molar refractivity (Wildman–Crippen MR) is 123 cm³/mol. The van der Waals surface area contributed by atoms with Crippen LogP contribution in [0.2, 0.25) is 0 Å². The Hall–Kier alpha value is -4.03. The Kier molecular flexibility index (Phi) is 6.53. The number of benzene rings is 3. The molecule has 6 nitrogen and oxygen atoms in total. The molecule has 1 amide bonds. The summed E-state index contributed by atoms with van der Waals surface area (Å²) in [7, 11) is 0. The number of aliphatic hydroxyl groups excluding tert-OH is 1. The molecule has 0 spiro atoms. The monoisotopic (exact) mass is 425 g/mol. The van der Waals surface area contributed by atoms with E-state index in [9.17, 15) is 15.0 Å². The van der Waals surface area contributed by atoms with Gasteiger partial charge in [-0.2, -0.15) is 0 Å². The lowest BCUT2D eigenvalue weighted by Crippen LogP contribution is -2.17. The van der Waals surface area contributed by atoms with E-state index in [1.807, 2.05) is 48.5 Å². The lowest BCUT2D eigenvalue weighted by molar-refractivity contribution is -0.116. The molecule has 1 heterocycles. The van der Waals surface area contributed by atoms with Crippen molar-refractivity contribution < 1.29 is 15.0 Å². The van der Waals surface area contributed by atoms with Crippen molar-refractivity contribution in [2.45, 2.75) is 18.9 Å². The van der Waals surface area contributed by atoms with Crippen molar-refractivity contribution in [1.29, 1.82) is 0 Å². The summed E-state index contributed by atoms with van der Waals surface area (Å²) in [5.74, 6) is 0.164. The molecule has 4 aromatic rings.